The number of anilines is 2. The first-order valence-electron chi connectivity index (χ1n) is 9.21. The minimum Gasteiger partial charge on any atom is -0.378 e. The van der Waals surface area contributed by atoms with E-state index in [2.05, 4.69) is 20.4 Å². The fourth-order valence-electron chi connectivity index (χ4n) is 2.93. The Labute approximate surface area is 170 Å². The lowest BCUT2D eigenvalue weighted by Crippen LogP contribution is -2.38. The Kier molecular flexibility index (Phi) is 6.68. The Balaban J connectivity index is 1.71. The Morgan fingerprint density at radius 3 is 2.62 bits per heavy atom. The van der Waals surface area contributed by atoms with Crippen molar-refractivity contribution in [1.29, 1.82) is 0 Å². The van der Waals surface area contributed by atoms with E-state index in [4.69, 9.17) is 4.74 Å². The Bertz CT molecular complexity index is 852. The maximum absolute atomic E-state index is 13.1. The van der Waals surface area contributed by atoms with Crippen LogP contribution in [0, 0.1) is 0 Å². The summed E-state index contributed by atoms with van der Waals surface area (Å²) in [6.07, 6.45) is -4.55. The van der Waals surface area contributed by atoms with Gasteiger partial charge in [0.05, 0.1) is 29.7 Å². The molecule has 1 aromatic carbocycles. The van der Waals surface area contributed by atoms with E-state index in [9.17, 15) is 18.0 Å². The number of ether oxygens (including phenoxy) is 1. The topological polar surface area (TPSA) is 72.3 Å². The zero-order valence-corrected chi connectivity index (χ0v) is 16.9. The van der Waals surface area contributed by atoms with Gasteiger partial charge in [0.2, 0.25) is 11.9 Å². The number of amides is 1. The summed E-state index contributed by atoms with van der Waals surface area (Å²) in [4.78, 5) is 14.6. The van der Waals surface area contributed by atoms with Crippen molar-refractivity contribution in [1.82, 2.24) is 14.8 Å². The number of halogens is 3. The number of hydrogen-bond acceptors (Lipinski definition) is 6. The quantitative estimate of drug-likeness (QED) is 0.711. The minimum absolute atomic E-state index is 0.261. The van der Waals surface area contributed by atoms with Crippen LogP contribution in [0.4, 0.5) is 24.8 Å². The number of hydrogen-bond donors (Lipinski definition) is 1. The average molecular weight is 429 g/mol. The molecule has 7 nitrogen and oxygen atoms in total. The van der Waals surface area contributed by atoms with E-state index in [-0.39, 0.29) is 5.69 Å². The summed E-state index contributed by atoms with van der Waals surface area (Å²) in [5, 5.41) is 10.7. The molecule has 3 rings (SSSR count). The number of alkyl halides is 3. The zero-order valence-electron chi connectivity index (χ0n) is 16.1. The summed E-state index contributed by atoms with van der Waals surface area (Å²) < 4.78 is 46.6. The summed E-state index contributed by atoms with van der Waals surface area (Å²) in [6, 6.07) is 4.91. The number of nitrogens with zero attached hydrogens (tertiary/aromatic N) is 4. The molecule has 1 unspecified atom stereocenters. The van der Waals surface area contributed by atoms with Gasteiger partial charge in [-0.25, -0.2) is 0 Å². The highest BCUT2D eigenvalue weighted by Crippen LogP contribution is 2.35. The van der Waals surface area contributed by atoms with Gasteiger partial charge in [0.15, 0.2) is 5.16 Å². The molecule has 1 aliphatic rings. The van der Waals surface area contributed by atoms with Crippen LogP contribution >= 0.6 is 11.8 Å². The van der Waals surface area contributed by atoms with Crippen molar-refractivity contribution in [2.45, 2.75) is 37.0 Å². The third-order valence-electron chi connectivity index (χ3n) is 4.45. The smallest absolute Gasteiger partial charge is 0.378 e. The number of aromatic nitrogens is 3. The maximum Gasteiger partial charge on any atom is 0.418 e. The molecule has 29 heavy (non-hydrogen) atoms. The molecule has 0 radical (unpaired) electrons. The van der Waals surface area contributed by atoms with E-state index >= 15 is 0 Å². The van der Waals surface area contributed by atoms with Crippen LogP contribution in [-0.2, 0) is 22.3 Å². The van der Waals surface area contributed by atoms with Gasteiger partial charge < -0.3 is 15.0 Å². The number of nitrogens with one attached hydrogen (secondary N) is 1. The number of morpholine rings is 1. The van der Waals surface area contributed by atoms with Gasteiger partial charge in [-0.3, -0.25) is 9.36 Å². The lowest BCUT2D eigenvalue weighted by molar-refractivity contribution is -0.137. The van der Waals surface area contributed by atoms with Gasteiger partial charge in [-0.15, -0.1) is 10.2 Å². The predicted molar refractivity (Wildman–Crippen MR) is 104 cm³/mol. The van der Waals surface area contributed by atoms with Crippen molar-refractivity contribution < 1.29 is 22.7 Å². The summed E-state index contributed by atoms with van der Waals surface area (Å²) in [5.74, 6) is 0.165. The first-order chi connectivity index (χ1) is 13.8. The number of benzene rings is 1. The van der Waals surface area contributed by atoms with Gasteiger partial charge in [-0.05, 0) is 26.0 Å². The van der Waals surface area contributed by atoms with Crippen LogP contribution in [0.1, 0.15) is 19.4 Å². The van der Waals surface area contributed by atoms with E-state index in [1.807, 2.05) is 11.5 Å². The fraction of sp³-hybridized carbons (Fsp3) is 0.500. The molecule has 158 valence electrons. The van der Waals surface area contributed by atoms with Crippen molar-refractivity contribution in [3.05, 3.63) is 29.8 Å². The molecular formula is C18H22F3N5O2S. The highest BCUT2D eigenvalue weighted by molar-refractivity contribution is 8.00. The molecule has 11 heteroatoms. The molecule has 2 aromatic rings. The molecule has 1 saturated heterocycles. The Hall–Kier alpha value is -2.27. The zero-order chi connectivity index (χ0) is 21.0. The minimum atomic E-state index is -4.55. The van der Waals surface area contributed by atoms with Crippen molar-refractivity contribution in [3.8, 4) is 0 Å². The van der Waals surface area contributed by atoms with Crippen molar-refractivity contribution in [3.63, 3.8) is 0 Å². The Morgan fingerprint density at radius 1 is 1.28 bits per heavy atom. The van der Waals surface area contributed by atoms with Gasteiger partial charge in [-0.2, -0.15) is 13.2 Å². The molecule has 0 bridgehead atoms. The molecule has 0 saturated carbocycles. The molecular weight excluding hydrogens is 407 g/mol. The highest BCUT2D eigenvalue weighted by Gasteiger charge is 2.34. The lowest BCUT2D eigenvalue weighted by Gasteiger charge is -2.27. The Morgan fingerprint density at radius 2 is 1.97 bits per heavy atom. The van der Waals surface area contributed by atoms with Gasteiger partial charge in [0.1, 0.15) is 0 Å². The molecule has 1 aromatic heterocycles. The summed E-state index contributed by atoms with van der Waals surface area (Å²) in [6.45, 7) is 6.79. The van der Waals surface area contributed by atoms with E-state index in [0.717, 1.165) is 17.8 Å². The second-order valence-corrected chi connectivity index (χ2v) is 7.73. The standard InChI is InChI=1S/C18H22F3N5O2S/c1-3-26-16(25-8-10-28-11-9-25)23-24-17(26)29-12(2)15(27)22-14-7-5-4-6-13(14)18(19,20)21/h4-7,12H,3,8-11H2,1-2H3,(H,22,27). The second kappa shape index (κ2) is 9.04. The first-order valence-corrected chi connectivity index (χ1v) is 10.1. The van der Waals surface area contributed by atoms with Crippen molar-refractivity contribution >= 4 is 29.3 Å². The molecule has 1 N–H and O–H groups in total. The largest absolute Gasteiger partial charge is 0.418 e. The summed E-state index contributed by atoms with van der Waals surface area (Å²) >= 11 is 1.16. The average Bonchev–Trinajstić information content (AvgIpc) is 3.10. The van der Waals surface area contributed by atoms with Gasteiger partial charge in [0, 0.05) is 19.6 Å². The molecule has 1 amide bonds. The van der Waals surface area contributed by atoms with Crippen LogP contribution in [0.2, 0.25) is 0 Å². The van der Waals surface area contributed by atoms with Crippen LogP contribution in [0.25, 0.3) is 0 Å². The van der Waals surface area contributed by atoms with E-state index in [0.29, 0.717) is 44.0 Å². The number of rotatable bonds is 6. The molecule has 0 spiro atoms. The lowest BCUT2D eigenvalue weighted by atomic mass is 10.1. The number of carbonyl (C=O) groups excluding carboxylic acids is 1. The number of thioether (sulfide) groups is 1. The highest BCUT2D eigenvalue weighted by atomic mass is 32.2. The van der Waals surface area contributed by atoms with Crippen LogP contribution < -0.4 is 10.2 Å². The molecule has 0 aliphatic carbocycles. The van der Waals surface area contributed by atoms with E-state index in [1.54, 1.807) is 6.92 Å². The monoisotopic (exact) mass is 429 g/mol. The third-order valence-corrected chi connectivity index (χ3v) is 5.53. The number of carbonyl (C=O) groups is 1. The van der Waals surface area contributed by atoms with Gasteiger partial charge in [-0.1, -0.05) is 23.9 Å². The van der Waals surface area contributed by atoms with E-state index < -0.39 is 22.9 Å². The summed E-state index contributed by atoms with van der Waals surface area (Å²) in [7, 11) is 0. The molecule has 1 atom stereocenters. The van der Waals surface area contributed by atoms with Crippen LogP contribution in [0.3, 0.4) is 0 Å². The first kappa shape index (κ1) is 21.4. The molecule has 1 aliphatic heterocycles. The number of para-hydroxylation sites is 1. The van der Waals surface area contributed by atoms with Gasteiger partial charge >= 0.3 is 6.18 Å². The van der Waals surface area contributed by atoms with Crippen molar-refractivity contribution in [2.75, 3.05) is 36.5 Å². The molecule has 1 fully saturated rings. The second-order valence-electron chi connectivity index (χ2n) is 6.42. The van der Waals surface area contributed by atoms with Crippen LogP contribution in [0.15, 0.2) is 29.4 Å². The third kappa shape index (κ3) is 5.02. The molecule has 2 heterocycles. The normalized spacial score (nSPS) is 16.0. The van der Waals surface area contributed by atoms with Crippen molar-refractivity contribution in [2.24, 2.45) is 0 Å². The SMILES string of the molecule is CCn1c(SC(C)C(=O)Nc2ccccc2C(F)(F)F)nnc1N1CCOCC1. The van der Waals surface area contributed by atoms with Gasteiger partial charge in [0.25, 0.3) is 0 Å². The van der Waals surface area contributed by atoms with Crippen LogP contribution in [0.5, 0.6) is 0 Å². The predicted octanol–water partition coefficient (Wildman–Crippen LogP) is 3.27. The summed E-state index contributed by atoms with van der Waals surface area (Å²) in [5.41, 5.74) is -1.14. The van der Waals surface area contributed by atoms with E-state index in [1.165, 1.54) is 18.2 Å². The fourth-order valence-corrected chi connectivity index (χ4v) is 3.84. The van der Waals surface area contributed by atoms with Crippen LogP contribution in [-0.4, -0.2) is 52.2 Å². The maximum atomic E-state index is 13.1.